The minimum absolute atomic E-state index is 0.00340. The topological polar surface area (TPSA) is 103 Å². The molecule has 8 heteroatoms. The largest absolute Gasteiger partial charge is 0.481 e. The molecular formula is C20H28N4O4. The van der Waals surface area contributed by atoms with E-state index < -0.39 is 11.5 Å². The van der Waals surface area contributed by atoms with Crippen LogP contribution in [-0.2, 0) is 14.4 Å². The zero-order chi connectivity index (χ0) is 20.1. The number of hydrogen-bond donors (Lipinski definition) is 2. The Bertz CT molecular complexity index is 745. The number of piperazine rings is 1. The van der Waals surface area contributed by atoms with E-state index in [4.69, 9.17) is 5.11 Å². The number of anilines is 1. The first-order chi connectivity index (χ1) is 13.4. The van der Waals surface area contributed by atoms with Gasteiger partial charge in [0.2, 0.25) is 11.8 Å². The van der Waals surface area contributed by atoms with Gasteiger partial charge in [0.05, 0.1) is 0 Å². The Morgan fingerprint density at radius 1 is 1.21 bits per heavy atom. The van der Waals surface area contributed by atoms with E-state index in [9.17, 15) is 14.4 Å². The number of aliphatic carboxylic acids is 1. The number of carboxylic acids is 1. The van der Waals surface area contributed by atoms with Crippen LogP contribution in [0.15, 0.2) is 18.3 Å². The Morgan fingerprint density at radius 2 is 1.93 bits per heavy atom. The maximum Gasteiger partial charge on any atom is 0.303 e. The standard InChI is InChI=1S/C20H28N4O4/c1-15-3-2-10-21-19(15)24-13-11-23(12-14-24)17(26)5-8-20(9-6-18(27)28)7-4-16(25)22-20/h2-3,10H,4-9,11-14H2,1H3,(H,22,25)(H,27,28). The van der Waals surface area contributed by atoms with Gasteiger partial charge in [-0.1, -0.05) is 6.07 Å². The molecule has 2 fully saturated rings. The molecule has 1 unspecified atom stereocenters. The number of carboxylic acid groups (broad SMARTS) is 1. The van der Waals surface area contributed by atoms with E-state index in [0.29, 0.717) is 45.2 Å². The minimum Gasteiger partial charge on any atom is -0.481 e. The lowest BCUT2D eigenvalue weighted by molar-refractivity contribution is -0.137. The van der Waals surface area contributed by atoms with Crippen molar-refractivity contribution in [3.05, 3.63) is 23.9 Å². The van der Waals surface area contributed by atoms with E-state index in [2.05, 4.69) is 15.2 Å². The molecule has 28 heavy (non-hydrogen) atoms. The molecule has 2 N–H and O–H groups in total. The number of pyridine rings is 1. The highest BCUT2D eigenvalue weighted by Gasteiger charge is 2.38. The normalized spacial score (nSPS) is 22.2. The van der Waals surface area contributed by atoms with Gasteiger partial charge in [0.15, 0.2) is 0 Å². The summed E-state index contributed by atoms with van der Waals surface area (Å²) in [4.78, 5) is 43.8. The summed E-state index contributed by atoms with van der Waals surface area (Å²) in [6, 6.07) is 3.95. The van der Waals surface area contributed by atoms with Gasteiger partial charge in [-0.3, -0.25) is 14.4 Å². The van der Waals surface area contributed by atoms with Gasteiger partial charge < -0.3 is 20.2 Å². The summed E-state index contributed by atoms with van der Waals surface area (Å²) < 4.78 is 0. The molecule has 0 aromatic carbocycles. The summed E-state index contributed by atoms with van der Waals surface area (Å²) in [6.45, 7) is 4.80. The molecule has 0 bridgehead atoms. The van der Waals surface area contributed by atoms with Crippen LogP contribution in [0.3, 0.4) is 0 Å². The molecule has 1 aromatic rings. The third kappa shape index (κ3) is 4.79. The second kappa shape index (κ2) is 8.58. The smallest absolute Gasteiger partial charge is 0.303 e. The molecule has 0 aliphatic carbocycles. The Kier molecular flexibility index (Phi) is 6.16. The van der Waals surface area contributed by atoms with Crippen LogP contribution in [0.1, 0.15) is 44.1 Å². The fourth-order valence-electron chi connectivity index (χ4n) is 4.10. The number of rotatable bonds is 7. The van der Waals surface area contributed by atoms with Crippen molar-refractivity contribution in [3.8, 4) is 0 Å². The summed E-state index contributed by atoms with van der Waals surface area (Å²) in [5.74, 6) is 0.0918. The molecule has 0 spiro atoms. The molecule has 1 aromatic heterocycles. The molecule has 0 saturated carbocycles. The van der Waals surface area contributed by atoms with Crippen molar-refractivity contribution >= 4 is 23.6 Å². The van der Waals surface area contributed by atoms with Gasteiger partial charge in [-0.25, -0.2) is 4.98 Å². The average molecular weight is 388 g/mol. The molecule has 3 rings (SSSR count). The second-order valence-electron chi connectivity index (χ2n) is 7.73. The Balaban J connectivity index is 1.51. The fraction of sp³-hybridized carbons (Fsp3) is 0.600. The monoisotopic (exact) mass is 388 g/mol. The number of hydrogen-bond acceptors (Lipinski definition) is 5. The average Bonchev–Trinajstić information content (AvgIpc) is 3.06. The molecule has 2 aliphatic rings. The first kappa shape index (κ1) is 20.1. The van der Waals surface area contributed by atoms with Crippen molar-refractivity contribution in [1.29, 1.82) is 0 Å². The van der Waals surface area contributed by atoms with E-state index >= 15 is 0 Å². The molecule has 3 heterocycles. The first-order valence-corrected chi connectivity index (χ1v) is 9.86. The summed E-state index contributed by atoms with van der Waals surface area (Å²) in [5.41, 5.74) is 0.567. The predicted octanol–water partition coefficient (Wildman–Crippen LogP) is 1.33. The lowest BCUT2D eigenvalue weighted by Crippen LogP contribution is -2.50. The van der Waals surface area contributed by atoms with Crippen molar-refractivity contribution in [3.63, 3.8) is 0 Å². The van der Waals surface area contributed by atoms with Crippen LogP contribution in [-0.4, -0.2) is 64.5 Å². The van der Waals surface area contributed by atoms with Crippen LogP contribution in [0.5, 0.6) is 0 Å². The lowest BCUT2D eigenvalue weighted by atomic mass is 9.86. The molecular weight excluding hydrogens is 360 g/mol. The highest BCUT2D eigenvalue weighted by molar-refractivity contribution is 5.80. The van der Waals surface area contributed by atoms with Crippen molar-refractivity contribution < 1.29 is 19.5 Å². The second-order valence-corrected chi connectivity index (χ2v) is 7.73. The van der Waals surface area contributed by atoms with Crippen molar-refractivity contribution in [1.82, 2.24) is 15.2 Å². The van der Waals surface area contributed by atoms with E-state index in [0.717, 1.165) is 24.5 Å². The number of nitrogens with one attached hydrogen (secondary N) is 1. The van der Waals surface area contributed by atoms with Crippen LogP contribution in [0.2, 0.25) is 0 Å². The molecule has 0 radical (unpaired) electrons. The van der Waals surface area contributed by atoms with Gasteiger partial charge in [-0.15, -0.1) is 0 Å². The summed E-state index contributed by atoms with van der Waals surface area (Å²) in [6.07, 6.45) is 3.96. The number of nitrogens with zero attached hydrogens (tertiary/aromatic N) is 3. The minimum atomic E-state index is -0.882. The Hall–Kier alpha value is -2.64. The van der Waals surface area contributed by atoms with Gasteiger partial charge in [-0.2, -0.15) is 0 Å². The summed E-state index contributed by atoms with van der Waals surface area (Å²) in [7, 11) is 0. The third-order valence-electron chi connectivity index (χ3n) is 5.78. The number of carbonyl (C=O) groups excluding carboxylic acids is 2. The molecule has 2 amide bonds. The van der Waals surface area contributed by atoms with Crippen molar-refractivity contribution in [2.24, 2.45) is 0 Å². The summed E-state index contributed by atoms with van der Waals surface area (Å²) in [5, 5.41) is 11.9. The fourth-order valence-corrected chi connectivity index (χ4v) is 4.10. The van der Waals surface area contributed by atoms with Gasteiger partial charge in [0.1, 0.15) is 5.82 Å². The van der Waals surface area contributed by atoms with Crippen LogP contribution in [0.4, 0.5) is 5.82 Å². The maximum absolute atomic E-state index is 12.7. The quantitative estimate of drug-likeness (QED) is 0.731. The molecule has 2 aliphatic heterocycles. The zero-order valence-corrected chi connectivity index (χ0v) is 16.3. The van der Waals surface area contributed by atoms with Crippen molar-refractivity contribution in [2.45, 2.75) is 51.0 Å². The third-order valence-corrected chi connectivity index (χ3v) is 5.78. The number of aryl methyl sites for hydroxylation is 1. The van der Waals surface area contributed by atoms with E-state index in [1.54, 1.807) is 6.20 Å². The number of amides is 2. The molecule has 1 atom stereocenters. The van der Waals surface area contributed by atoms with Gasteiger partial charge in [0, 0.05) is 57.2 Å². The van der Waals surface area contributed by atoms with Crippen LogP contribution in [0, 0.1) is 6.92 Å². The Labute approximate surface area is 164 Å². The lowest BCUT2D eigenvalue weighted by Gasteiger charge is -2.37. The van der Waals surface area contributed by atoms with Gasteiger partial charge in [-0.05, 0) is 37.8 Å². The number of carbonyl (C=O) groups is 3. The molecule has 2 saturated heterocycles. The van der Waals surface area contributed by atoms with Gasteiger partial charge >= 0.3 is 5.97 Å². The highest BCUT2D eigenvalue weighted by atomic mass is 16.4. The molecule has 8 nitrogen and oxygen atoms in total. The van der Waals surface area contributed by atoms with Crippen LogP contribution >= 0.6 is 0 Å². The highest BCUT2D eigenvalue weighted by Crippen LogP contribution is 2.30. The summed E-state index contributed by atoms with van der Waals surface area (Å²) >= 11 is 0. The predicted molar refractivity (Wildman–Crippen MR) is 104 cm³/mol. The van der Waals surface area contributed by atoms with Gasteiger partial charge in [0.25, 0.3) is 0 Å². The van der Waals surface area contributed by atoms with Crippen LogP contribution < -0.4 is 10.2 Å². The SMILES string of the molecule is Cc1cccnc1N1CCN(C(=O)CCC2(CCC(=O)O)CCC(=O)N2)CC1. The van der Waals surface area contributed by atoms with Crippen molar-refractivity contribution in [2.75, 3.05) is 31.1 Å². The first-order valence-electron chi connectivity index (χ1n) is 9.86. The zero-order valence-electron chi connectivity index (χ0n) is 16.3. The Morgan fingerprint density at radius 3 is 2.54 bits per heavy atom. The number of aromatic nitrogens is 1. The van der Waals surface area contributed by atoms with E-state index in [1.165, 1.54) is 0 Å². The van der Waals surface area contributed by atoms with Crippen LogP contribution in [0.25, 0.3) is 0 Å². The van der Waals surface area contributed by atoms with E-state index in [-0.39, 0.29) is 18.2 Å². The maximum atomic E-state index is 12.7. The molecule has 152 valence electrons. The van der Waals surface area contributed by atoms with E-state index in [1.807, 2.05) is 24.0 Å².